The van der Waals surface area contributed by atoms with Crippen molar-refractivity contribution in [3.63, 3.8) is 0 Å². The van der Waals surface area contributed by atoms with Crippen molar-refractivity contribution in [3.05, 3.63) is 42.0 Å². The number of rotatable bonds is 2. The zero-order valence-electron chi connectivity index (χ0n) is 10.6. The van der Waals surface area contributed by atoms with Crippen LogP contribution in [0, 0.1) is 6.92 Å². The number of benzene rings is 1. The summed E-state index contributed by atoms with van der Waals surface area (Å²) in [6.45, 7) is 1.81. The Morgan fingerprint density at radius 2 is 2.15 bits per heavy atom. The standard InChI is InChI=1S/C13H11N5OS/c1-7-5-16-10(6-15-7)12(19)18-13-17-9-4-8(14)2-3-11(9)20-13/h2-6H,14H2,1H3,(H,17,18,19). The van der Waals surface area contributed by atoms with Crippen molar-refractivity contribution in [2.45, 2.75) is 6.92 Å². The summed E-state index contributed by atoms with van der Waals surface area (Å²) in [5, 5.41) is 3.22. The summed E-state index contributed by atoms with van der Waals surface area (Å²) >= 11 is 1.39. The third-order valence-corrected chi connectivity index (χ3v) is 3.60. The van der Waals surface area contributed by atoms with Gasteiger partial charge in [-0.15, -0.1) is 0 Å². The van der Waals surface area contributed by atoms with Gasteiger partial charge in [-0.2, -0.15) is 0 Å². The minimum absolute atomic E-state index is 0.259. The number of hydrogen-bond acceptors (Lipinski definition) is 6. The van der Waals surface area contributed by atoms with Crippen molar-refractivity contribution in [3.8, 4) is 0 Å². The maximum Gasteiger partial charge on any atom is 0.277 e. The highest BCUT2D eigenvalue weighted by atomic mass is 32.1. The van der Waals surface area contributed by atoms with E-state index in [-0.39, 0.29) is 11.6 Å². The first-order valence-corrected chi connectivity index (χ1v) is 6.69. The zero-order valence-corrected chi connectivity index (χ0v) is 11.4. The van der Waals surface area contributed by atoms with E-state index in [2.05, 4.69) is 20.3 Å². The van der Waals surface area contributed by atoms with E-state index in [0.29, 0.717) is 10.8 Å². The van der Waals surface area contributed by atoms with Crippen LogP contribution in [0.25, 0.3) is 10.2 Å². The second-order valence-electron chi connectivity index (χ2n) is 4.24. The number of aromatic nitrogens is 3. The minimum Gasteiger partial charge on any atom is -0.399 e. The molecule has 0 radical (unpaired) electrons. The molecule has 3 rings (SSSR count). The van der Waals surface area contributed by atoms with E-state index in [1.54, 1.807) is 18.3 Å². The normalized spacial score (nSPS) is 10.7. The van der Waals surface area contributed by atoms with Gasteiger partial charge in [0.2, 0.25) is 0 Å². The molecule has 0 unspecified atom stereocenters. The van der Waals surface area contributed by atoms with E-state index < -0.39 is 0 Å². The number of nitrogens with two attached hydrogens (primary N) is 1. The minimum atomic E-state index is -0.329. The molecular weight excluding hydrogens is 274 g/mol. The highest BCUT2D eigenvalue weighted by Gasteiger charge is 2.11. The van der Waals surface area contributed by atoms with E-state index >= 15 is 0 Å². The molecule has 0 atom stereocenters. The van der Waals surface area contributed by atoms with Gasteiger partial charge >= 0.3 is 0 Å². The van der Waals surface area contributed by atoms with E-state index in [0.717, 1.165) is 15.9 Å². The lowest BCUT2D eigenvalue weighted by molar-refractivity contribution is 0.102. The Balaban J connectivity index is 1.85. The van der Waals surface area contributed by atoms with Crippen molar-refractivity contribution >= 4 is 38.3 Å². The van der Waals surface area contributed by atoms with Crippen molar-refractivity contribution < 1.29 is 4.79 Å². The second kappa shape index (κ2) is 4.86. The van der Waals surface area contributed by atoms with Crippen LogP contribution < -0.4 is 11.1 Å². The molecule has 0 aliphatic heterocycles. The maximum absolute atomic E-state index is 12.0. The van der Waals surface area contributed by atoms with Crippen LogP contribution in [0.3, 0.4) is 0 Å². The molecule has 0 aliphatic carbocycles. The number of nitrogens with zero attached hydrogens (tertiary/aromatic N) is 3. The highest BCUT2D eigenvalue weighted by Crippen LogP contribution is 2.27. The smallest absolute Gasteiger partial charge is 0.277 e. The fourth-order valence-electron chi connectivity index (χ4n) is 1.67. The zero-order chi connectivity index (χ0) is 14.1. The number of nitrogens with one attached hydrogen (secondary N) is 1. The van der Waals surface area contributed by atoms with Crippen LogP contribution in [0.15, 0.2) is 30.6 Å². The molecule has 1 amide bonds. The number of anilines is 2. The van der Waals surface area contributed by atoms with Gasteiger partial charge in [0, 0.05) is 11.9 Å². The molecule has 0 saturated heterocycles. The number of nitrogen functional groups attached to an aromatic ring is 1. The quantitative estimate of drug-likeness (QED) is 0.704. The Kier molecular flexibility index (Phi) is 3.03. The van der Waals surface area contributed by atoms with Gasteiger partial charge in [-0.25, -0.2) is 9.97 Å². The Labute approximate surface area is 118 Å². The molecule has 0 saturated carbocycles. The third kappa shape index (κ3) is 2.43. The number of amides is 1. The molecule has 6 nitrogen and oxygen atoms in total. The predicted molar refractivity (Wildman–Crippen MR) is 78.8 cm³/mol. The van der Waals surface area contributed by atoms with Gasteiger partial charge in [-0.3, -0.25) is 15.1 Å². The van der Waals surface area contributed by atoms with Crippen LogP contribution in [-0.2, 0) is 0 Å². The lowest BCUT2D eigenvalue weighted by Crippen LogP contribution is -2.13. The Bertz CT molecular complexity index is 781. The highest BCUT2D eigenvalue weighted by molar-refractivity contribution is 7.22. The van der Waals surface area contributed by atoms with E-state index in [1.807, 2.05) is 13.0 Å². The molecule has 3 N–H and O–H groups in total. The van der Waals surface area contributed by atoms with Crippen molar-refractivity contribution in [2.24, 2.45) is 0 Å². The summed E-state index contributed by atoms with van der Waals surface area (Å²) in [4.78, 5) is 24.4. The van der Waals surface area contributed by atoms with E-state index in [1.165, 1.54) is 17.5 Å². The van der Waals surface area contributed by atoms with Crippen LogP contribution in [-0.4, -0.2) is 20.9 Å². The molecule has 0 aliphatic rings. The van der Waals surface area contributed by atoms with Crippen LogP contribution in [0.1, 0.15) is 16.2 Å². The largest absolute Gasteiger partial charge is 0.399 e. The number of carbonyl (C=O) groups is 1. The van der Waals surface area contributed by atoms with Crippen LogP contribution in [0.4, 0.5) is 10.8 Å². The molecule has 0 fully saturated rings. The number of thiazole rings is 1. The summed E-state index contributed by atoms with van der Waals surface area (Å²) in [5.74, 6) is -0.329. The average molecular weight is 285 g/mol. The predicted octanol–water partition coefficient (Wildman–Crippen LogP) is 2.23. The number of hydrogen-bond donors (Lipinski definition) is 2. The van der Waals surface area contributed by atoms with Gasteiger partial charge in [0.1, 0.15) is 5.69 Å². The Hall–Kier alpha value is -2.54. The maximum atomic E-state index is 12.0. The van der Waals surface area contributed by atoms with Crippen LogP contribution in [0.5, 0.6) is 0 Å². The molecule has 20 heavy (non-hydrogen) atoms. The number of fused-ring (bicyclic) bond motifs is 1. The van der Waals surface area contributed by atoms with Gasteiger partial charge in [0.15, 0.2) is 5.13 Å². The van der Waals surface area contributed by atoms with Gasteiger partial charge in [-0.1, -0.05) is 11.3 Å². The van der Waals surface area contributed by atoms with E-state index in [4.69, 9.17) is 5.73 Å². The number of carbonyl (C=O) groups excluding carboxylic acids is 1. The first-order chi connectivity index (χ1) is 9.61. The molecule has 0 bridgehead atoms. The van der Waals surface area contributed by atoms with Gasteiger partial charge in [0.25, 0.3) is 5.91 Å². The summed E-state index contributed by atoms with van der Waals surface area (Å²) in [5.41, 5.74) is 8.13. The first-order valence-electron chi connectivity index (χ1n) is 5.88. The molecule has 3 aromatic rings. The molecule has 100 valence electrons. The van der Waals surface area contributed by atoms with Gasteiger partial charge in [-0.05, 0) is 25.1 Å². The molecule has 0 spiro atoms. The average Bonchev–Trinajstić information content (AvgIpc) is 2.80. The Morgan fingerprint density at radius 1 is 1.30 bits per heavy atom. The molecule has 1 aromatic carbocycles. The van der Waals surface area contributed by atoms with Crippen LogP contribution >= 0.6 is 11.3 Å². The van der Waals surface area contributed by atoms with Crippen molar-refractivity contribution in [1.82, 2.24) is 15.0 Å². The lowest BCUT2D eigenvalue weighted by atomic mass is 10.3. The molecule has 7 heteroatoms. The van der Waals surface area contributed by atoms with Gasteiger partial charge in [0.05, 0.1) is 22.1 Å². The summed E-state index contributed by atoms with van der Waals surface area (Å²) in [6, 6.07) is 5.45. The topological polar surface area (TPSA) is 93.8 Å². The fraction of sp³-hybridized carbons (Fsp3) is 0.0769. The summed E-state index contributed by atoms with van der Waals surface area (Å²) < 4.78 is 0.962. The van der Waals surface area contributed by atoms with Crippen molar-refractivity contribution in [1.29, 1.82) is 0 Å². The molecule has 2 aromatic heterocycles. The second-order valence-corrected chi connectivity index (χ2v) is 5.27. The first kappa shape index (κ1) is 12.5. The molecular formula is C13H11N5OS. The SMILES string of the molecule is Cc1cnc(C(=O)Nc2nc3cc(N)ccc3s2)cn1. The van der Waals surface area contributed by atoms with Crippen LogP contribution in [0.2, 0.25) is 0 Å². The Morgan fingerprint density at radius 3 is 2.90 bits per heavy atom. The summed E-state index contributed by atoms with van der Waals surface area (Å²) in [6.07, 6.45) is 2.99. The lowest BCUT2D eigenvalue weighted by Gasteiger charge is -2.00. The fourth-order valence-corrected chi connectivity index (χ4v) is 2.51. The van der Waals surface area contributed by atoms with E-state index in [9.17, 15) is 4.79 Å². The van der Waals surface area contributed by atoms with Crippen molar-refractivity contribution in [2.75, 3.05) is 11.1 Å². The molecule has 2 heterocycles. The number of aryl methyl sites for hydroxylation is 1. The van der Waals surface area contributed by atoms with Gasteiger partial charge < -0.3 is 5.73 Å². The monoisotopic (exact) mass is 285 g/mol. The summed E-state index contributed by atoms with van der Waals surface area (Å²) in [7, 11) is 0. The third-order valence-electron chi connectivity index (χ3n) is 2.65.